The number of hydrogen-bond acceptors (Lipinski definition) is 5. The third-order valence-corrected chi connectivity index (χ3v) is 6.65. The van der Waals surface area contributed by atoms with Gasteiger partial charge in [-0.3, -0.25) is 4.79 Å². The largest absolute Gasteiger partial charge is 0.352 e. The van der Waals surface area contributed by atoms with Crippen molar-refractivity contribution in [2.75, 3.05) is 18.4 Å². The molecule has 3 heterocycles. The van der Waals surface area contributed by atoms with Crippen LogP contribution in [-0.4, -0.2) is 33.7 Å². The minimum atomic E-state index is 0.0691. The van der Waals surface area contributed by atoms with E-state index >= 15 is 0 Å². The summed E-state index contributed by atoms with van der Waals surface area (Å²) in [5.41, 5.74) is 2.19. The van der Waals surface area contributed by atoms with Crippen LogP contribution >= 0.6 is 0 Å². The molecule has 1 saturated heterocycles. The average molecular weight is 398 g/mol. The molecule has 6 nitrogen and oxygen atoms in total. The van der Waals surface area contributed by atoms with Gasteiger partial charge in [0.15, 0.2) is 0 Å². The van der Waals surface area contributed by atoms with E-state index in [2.05, 4.69) is 35.7 Å². The molecule has 1 unspecified atom stereocenters. The average Bonchev–Trinajstić information content (AvgIpc) is 2.75. The first-order chi connectivity index (χ1) is 14.2. The van der Waals surface area contributed by atoms with Crippen LogP contribution in [0.1, 0.15) is 89.2 Å². The Kier molecular flexibility index (Phi) is 6.48. The molecule has 1 atom stereocenters. The van der Waals surface area contributed by atoms with Crippen molar-refractivity contribution >= 4 is 16.9 Å². The summed E-state index contributed by atoms with van der Waals surface area (Å²) in [6.45, 7) is 6.29. The van der Waals surface area contributed by atoms with Crippen LogP contribution in [0.25, 0.3) is 10.9 Å². The topological polar surface area (TPSA) is 71.8 Å². The van der Waals surface area contributed by atoms with Crippen LogP contribution in [-0.2, 0) is 0 Å². The van der Waals surface area contributed by atoms with E-state index in [4.69, 9.17) is 4.98 Å². The molecule has 6 heteroatoms. The quantitative estimate of drug-likeness (QED) is 0.757. The number of nitrogens with zero attached hydrogens (tertiary/aromatic N) is 3. The normalized spacial score (nSPS) is 20.1. The van der Waals surface area contributed by atoms with Gasteiger partial charge < -0.3 is 15.2 Å². The van der Waals surface area contributed by atoms with Gasteiger partial charge in [0.05, 0.1) is 10.9 Å². The number of rotatable bonds is 6. The van der Waals surface area contributed by atoms with Gasteiger partial charge in [-0.15, -0.1) is 0 Å². The SMILES string of the molecule is CCCC(C)Nc1ncc2c(=O)n(C3CCNCC3)cc(C3CCCCC3)c2n1. The van der Waals surface area contributed by atoms with Crippen LogP contribution < -0.4 is 16.2 Å². The number of piperidine rings is 1. The third kappa shape index (κ3) is 4.47. The van der Waals surface area contributed by atoms with Crippen molar-refractivity contribution < 1.29 is 0 Å². The van der Waals surface area contributed by atoms with Crippen molar-refractivity contribution in [2.24, 2.45) is 0 Å². The Labute approximate surface area is 173 Å². The highest BCUT2D eigenvalue weighted by Crippen LogP contribution is 2.36. The third-order valence-electron chi connectivity index (χ3n) is 6.65. The molecule has 2 N–H and O–H groups in total. The maximum atomic E-state index is 13.3. The molecular formula is C23H35N5O. The predicted molar refractivity (Wildman–Crippen MR) is 119 cm³/mol. The number of hydrogen-bond donors (Lipinski definition) is 2. The first-order valence-electron chi connectivity index (χ1n) is 11.6. The second-order valence-electron chi connectivity index (χ2n) is 8.90. The fourth-order valence-corrected chi connectivity index (χ4v) is 5.03. The van der Waals surface area contributed by atoms with Gasteiger partial charge in [0, 0.05) is 24.5 Å². The van der Waals surface area contributed by atoms with E-state index in [0.29, 0.717) is 23.3 Å². The number of aromatic nitrogens is 3. The Hall–Kier alpha value is -1.95. The highest BCUT2D eigenvalue weighted by atomic mass is 16.1. The van der Waals surface area contributed by atoms with Gasteiger partial charge in [0.1, 0.15) is 0 Å². The van der Waals surface area contributed by atoms with E-state index in [1.807, 2.05) is 4.57 Å². The Morgan fingerprint density at radius 1 is 1.21 bits per heavy atom. The van der Waals surface area contributed by atoms with Crippen LogP contribution in [0.3, 0.4) is 0 Å². The van der Waals surface area contributed by atoms with Gasteiger partial charge in [-0.05, 0) is 63.6 Å². The standard InChI is InChI=1S/C23H35N5O/c1-3-7-16(2)26-23-25-14-19-21(27-23)20(17-8-5-4-6-9-17)15-28(22(19)29)18-10-12-24-13-11-18/h14-18,24H,3-13H2,1-2H3,(H,25,26,27). The Morgan fingerprint density at radius 3 is 2.69 bits per heavy atom. The van der Waals surface area contributed by atoms with Gasteiger partial charge in [-0.1, -0.05) is 32.6 Å². The van der Waals surface area contributed by atoms with E-state index in [0.717, 1.165) is 44.3 Å². The summed E-state index contributed by atoms with van der Waals surface area (Å²) in [5, 5.41) is 7.51. The van der Waals surface area contributed by atoms with Crippen molar-refractivity contribution in [3.05, 3.63) is 28.3 Å². The van der Waals surface area contributed by atoms with Crippen molar-refractivity contribution in [1.29, 1.82) is 0 Å². The van der Waals surface area contributed by atoms with Crippen LogP contribution in [0.15, 0.2) is 17.2 Å². The summed E-state index contributed by atoms with van der Waals surface area (Å²) in [7, 11) is 0. The molecule has 2 aromatic rings. The lowest BCUT2D eigenvalue weighted by Gasteiger charge is -2.28. The second-order valence-corrected chi connectivity index (χ2v) is 8.90. The van der Waals surface area contributed by atoms with Crippen LogP contribution in [0.5, 0.6) is 0 Å². The number of anilines is 1. The van der Waals surface area contributed by atoms with Crippen molar-refractivity contribution in [2.45, 2.75) is 89.6 Å². The van der Waals surface area contributed by atoms with Gasteiger partial charge >= 0.3 is 0 Å². The molecule has 1 aliphatic carbocycles. The maximum absolute atomic E-state index is 13.3. The van der Waals surface area contributed by atoms with Gasteiger partial charge in [-0.25, -0.2) is 9.97 Å². The Balaban J connectivity index is 1.79. The minimum absolute atomic E-state index is 0.0691. The highest BCUT2D eigenvalue weighted by molar-refractivity contribution is 5.81. The summed E-state index contributed by atoms with van der Waals surface area (Å²) < 4.78 is 2.00. The zero-order valence-corrected chi connectivity index (χ0v) is 17.9. The number of fused-ring (bicyclic) bond motifs is 1. The van der Waals surface area contributed by atoms with Gasteiger partial charge in [0.25, 0.3) is 5.56 Å². The van der Waals surface area contributed by atoms with Crippen LogP contribution in [0.4, 0.5) is 5.95 Å². The maximum Gasteiger partial charge on any atom is 0.261 e. The molecule has 29 heavy (non-hydrogen) atoms. The van der Waals surface area contributed by atoms with Gasteiger partial charge in [-0.2, -0.15) is 0 Å². The molecule has 1 saturated carbocycles. The van der Waals surface area contributed by atoms with E-state index in [9.17, 15) is 4.79 Å². The zero-order chi connectivity index (χ0) is 20.2. The lowest BCUT2D eigenvalue weighted by Crippen LogP contribution is -2.34. The molecule has 0 aromatic carbocycles. The van der Waals surface area contributed by atoms with Crippen LogP contribution in [0, 0.1) is 0 Å². The molecule has 2 fully saturated rings. The van der Waals surface area contributed by atoms with E-state index in [1.165, 1.54) is 37.7 Å². The minimum Gasteiger partial charge on any atom is -0.352 e. The van der Waals surface area contributed by atoms with E-state index < -0.39 is 0 Å². The number of nitrogens with one attached hydrogen (secondary N) is 2. The smallest absolute Gasteiger partial charge is 0.261 e. The molecule has 0 spiro atoms. The summed E-state index contributed by atoms with van der Waals surface area (Å²) in [5.74, 6) is 1.14. The lowest BCUT2D eigenvalue weighted by atomic mass is 9.84. The summed E-state index contributed by atoms with van der Waals surface area (Å²) in [6, 6.07) is 0.601. The first kappa shape index (κ1) is 20.3. The molecular weight excluding hydrogens is 362 g/mol. The summed E-state index contributed by atoms with van der Waals surface area (Å²) >= 11 is 0. The summed E-state index contributed by atoms with van der Waals surface area (Å²) in [4.78, 5) is 22.7. The fourth-order valence-electron chi connectivity index (χ4n) is 5.03. The Morgan fingerprint density at radius 2 is 1.97 bits per heavy atom. The fraction of sp³-hybridized carbons (Fsp3) is 0.696. The second kappa shape index (κ2) is 9.24. The zero-order valence-electron chi connectivity index (χ0n) is 17.9. The number of pyridine rings is 1. The lowest BCUT2D eigenvalue weighted by molar-refractivity contribution is 0.359. The van der Waals surface area contributed by atoms with Crippen molar-refractivity contribution in [3.63, 3.8) is 0 Å². The summed E-state index contributed by atoms with van der Waals surface area (Å²) in [6.07, 6.45) is 14.4. The van der Waals surface area contributed by atoms with Crippen molar-refractivity contribution in [1.82, 2.24) is 19.9 Å². The highest BCUT2D eigenvalue weighted by Gasteiger charge is 2.24. The molecule has 158 valence electrons. The monoisotopic (exact) mass is 397 g/mol. The predicted octanol–water partition coefficient (Wildman–Crippen LogP) is 4.36. The molecule has 1 aliphatic heterocycles. The molecule has 0 amide bonds. The Bertz CT molecular complexity index is 881. The molecule has 0 bridgehead atoms. The van der Waals surface area contributed by atoms with E-state index in [-0.39, 0.29) is 11.6 Å². The van der Waals surface area contributed by atoms with Crippen LogP contribution in [0.2, 0.25) is 0 Å². The first-order valence-corrected chi connectivity index (χ1v) is 11.6. The van der Waals surface area contributed by atoms with Gasteiger partial charge in [0.2, 0.25) is 5.95 Å². The molecule has 2 aliphatic rings. The van der Waals surface area contributed by atoms with E-state index in [1.54, 1.807) is 6.20 Å². The molecule has 0 radical (unpaired) electrons. The molecule has 2 aromatic heterocycles. The van der Waals surface area contributed by atoms with Crippen molar-refractivity contribution in [3.8, 4) is 0 Å². The molecule has 4 rings (SSSR count).